The van der Waals surface area contributed by atoms with Gasteiger partial charge in [-0.3, -0.25) is 24.2 Å². The first-order valence-corrected chi connectivity index (χ1v) is 52.7. The van der Waals surface area contributed by atoms with Crippen LogP contribution in [0.4, 0.5) is 0 Å². The molecule has 0 bridgehead atoms. The van der Waals surface area contributed by atoms with Gasteiger partial charge < -0.3 is 24.8 Å². The Hall–Kier alpha value is -11.1. The van der Waals surface area contributed by atoms with Crippen molar-refractivity contribution in [3.05, 3.63) is 332 Å². The maximum atomic E-state index is 11.9. The Balaban J connectivity index is 0.000000141. The van der Waals surface area contributed by atoms with Gasteiger partial charge in [-0.25, -0.2) is 4.79 Å². The molecule has 3 N–H and O–H groups in total. The van der Waals surface area contributed by atoms with Crippen LogP contribution >= 0.6 is 0 Å². The lowest BCUT2D eigenvalue weighted by atomic mass is 9.60. The summed E-state index contributed by atoms with van der Waals surface area (Å²) in [5.41, 5.74) is 37.3. The molecular weight excluding hydrogens is 1750 g/mol. The summed E-state index contributed by atoms with van der Waals surface area (Å²) in [4.78, 5) is 61.8. The van der Waals surface area contributed by atoms with Crippen molar-refractivity contribution < 1.29 is 43.4 Å². The molecule has 0 spiro atoms. The molecule has 3 atom stereocenters. The van der Waals surface area contributed by atoms with E-state index in [-0.39, 0.29) is 88.1 Å². The number of pyridine rings is 1. The molecule has 752 valence electrons. The van der Waals surface area contributed by atoms with Gasteiger partial charge in [-0.05, 0) is 392 Å². The largest absolute Gasteiger partial charge is 0.493 e. The molecule has 0 radical (unpaired) electrons. The zero-order valence-corrected chi connectivity index (χ0v) is 91.6. The van der Waals surface area contributed by atoms with Crippen molar-refractivity contribution >= 4 is 52.5 Å². The Bertz CT molecular complexity index is 6570. The van der Waals surface area contributed by atoms with E-state index in [2.05, 4.69) is 275 Å². The maximum absolute atomic E-state index is 11.9. The van der Waals surface area contributed by atoms with Crippen molar-refractivity contribution in [2.24, 2.45) is 11.1 Å². The lowest BCUT2D eigenvalue weighted by molar-refractivity contribution is -0.131. The number of aliphatic carboxylic acids is 1. The Labute approximate surface area is 850 Å². The number of furan rings is 1. The van der Waals surface area contributed by atoms with E-state index < -0.39 is 5.97 Å². The number of rotatable bonds is 19. The van der Waals surface area contributed by atoms with Crippen molar-refractivity contribution in [3.8, 4) is 5.75 Å². The highest BCUT2D eigenvalue weighted by atomic mass is 16.5. The van der Waals surface area contributed by atoms with Gasteiger partial charge in [-0.2, -0.15) is 0 Å². The van der Waals surface area contributed by atoms with Crippen LogP contribution in [-0.2, 0) is 81.0 Å². The third kappa shape index (κ3) is 22.0. The second-order valence-electron chi connectivity index (χ2n) is 50.0. The number of nitrogens with zero attached hydrogens (tertiary/aromatic N) is 2. The van der Waals surface area contributed by atoms with Crippen molar-refractivity contribution in [3.63, 3.8) is 0 Å². The second kappa shape index (κ2) is 40.1. The van der Waals surface area contributed by atoms with Crippen molar-refractivity contribution in [2.75, 3.05) is 13.2 Å². The van der Waals surface area contributed by atoms with E-state index in [0.717, 1.165) is 113 Å². The Morgan fingerprint density at radius 3 is 1.46 bits per heavy atom. The van der Waals surface area contributed by atoms with Gasteiger partial charge in [-0.1, -0.05) is 260 Å². The molecule has 7 aromatic carbocycles. The van der Waals surface area contributed by atoms with Crippen LogP contribution in [0, 0.1) is 26.7 Å². The van der Waals surface area contributed by atoms with Crippen molar-refractivity contribution in [1.82, 2.24) is 10.3 Å². The number of carbonyl (C=O) groups excluding carboxylic acids is 4. The number of Topliss-reactive ketones (excluding diaryl/α,β-unsaturated/α-hetero) is 3. The molecule has 142 heavy (non-hydrogen) atoms. The quantitative estimate of drug-likeness (QED) is 0.0175. The van der Waals surface area contributed by atoms with Crippen LogP contribution in [0.25, 0.3) is 17.7 Å². The van der Waals surface area contributed by atoms with E-state index in [1.807, 2.05) is 60.7 Å². The molecule has 9 aliphatic rings. The number of fused-ring (bicyclic) bond motifs is 7. The molecule has 1 saturated heterocycles. The molecule has 8 aliphatic carbocycles. The minimum Gasteiger partial charge on any atom is -0.493 e. The number of piperidine rings is 1. The average molecular weight is 1910 g/mol. The van der Waals surface area contributed by atoms with Crippen molar-refractivity contribution in [1.29, 1.82) is 0 Å². The minimum atomic E-state index is -0.928. The number of carbonyl (C=O) groups is 5. The number of hydrogen-bond donors (Lipinski definition) is 3. The molecule has 3 unspecified atom stereocenters. The Kier molecular flexibility index (Phi) is 30.1. The summed E-state index contributed by atoms with van der Waals surface area (Å²) in [5, 5.41) is 26.0. The van der Waals surface area contributed by atoms with Gasteiger partial charge in [0.25, 0.3) is 0 Å². The molecule has 12 heteroatoms. The highest BCUT2D eigenvalue weighted by Gasteiger charge is 2.63. The van der Waals surface area contributed by atoms with Gasteiger partial charge in [0.05, 0.1) is 12.3 Å². The van der Waals surface area contributed by atoms with E-state index >= 15 is 0 Å². The van der Waals surface area contributed by atoms with Crippen LogP contribution in [0.15, 0.2) is 191 Å². The number of aryl methyl sites for hydroxylation is 4. The number of carboxylic acids is 1. The van der Waals surface area contributed by atoms with Crippen LogP contribution in [0.5, 0.6) is 5.75 Å². The molecule has 2 aromatic heterocycles. The number of ketones is 4. The predicted molar refractivity (Wildman–Crippen MR) is 586 cm³/mol. The fourth-order valence-corrected chi connectivity index (χ4v) is 24.3. The lowest BCUT2D eigenvalue weighted by Gasteiger charge is -2.44. The number of oxime groups is 1. The van der Waals surface area contributed by atoms with E-state index in [1.54, 1.807) is 75.7 Å². The standard InChI is InChI=1S/C29H35NO.C26H36O3.C26H32O2.C25H31NO.C24H29NO2/c1-18-12-24-25(28(5,6)11-10-27(24,3)4)15-23(18)29-16-22(29)17-30-26(29)14-20-8-7-9-21(13-20)19(2)31;1-8-14-29-23-17-22-21(25(4,5)12-13-26(22,6)7)16-20(23)19(3)11-9-10-18(2)15-24(27)28;1-17(27)12-13-18-16-21-19(8-7-11-23(21)28-18)20-9-6-10-22-24(20)26(4,5)15-14-25(22,2)3;1-16-13-20-21(24(5,6)10-9-23(20,3)4)14-19(16)25(11-12-25)22-8-7-18(15-26-22)17(2)27;1-15-13-20-21(24(5,6)12-11-23(20,3)4)14-19(15)22(25-27)18-9-7-17(8-10-18)16(2)26/h7-9,12-15,22,30H,10-11,16-17H2,1-6H3;9-11,15-17H,8,12-14H2,1-7H3,(H,27,28);6,9-10,12-13,16,19H,7-8,11,14-15H2,1-5H3;7-8,13-15H,9-12H2,1-6H3;7-10,13-14,27H,11-12H2,1-6H3/b26-14-;10-9+,18-15+,19-11-;13-12+;;25-22-. The molecule has 2 saturated carbocycles. The fourth-order valence-electron chi connectivity index (χ4n) is 24.3. The highest BCUT2D eigenvalue weighted by molar-refractivity contribution is 6.14. The third-order valence-corrected chi connectivity index (χ3v) is 34.4. The van der Waals surface area contributed by atoms with Crippen LogP contribution in [0.3, 0.4) is 0 Å². The number of carboxylic acid groups (broad SMARTS) is 1. The van der Waals surface area contributed by atoms with Gasteiger partial charge >= 0.3 is 5.97 Å². The maximum Gasteiger partial charge on any atom is 0.328 e. The molecule has 3 heterocycles. The number of aromatic nitrogens is 1. The van der Waals surface area contributed by atoms with Crippen LogP contribution in [0.1, 0.15) is 461 Å². The number of allylic oxidation sites excluding steroid dienone is 7. The Morgan fingerprint density at radius 2 is 0.965 bits per heavy atom. The average Bonchev–Trinajstić information content (AvgIpc) is 1.52. The van der Waals surface area contributed by atoms with Gasteiger partial charge in [0.2, 0.25) is 0 Å². The van der Waals surface area contributed by atoms with Crippen LogP contribution in [0.2, 0.25) is 0 Å². The summed E-state index contributed by atoms with van der Waals surface area (Å²) < 4.78 is 12.3. The monoisotopic (exact) mass is 1910 g/mol. The van der Waals surface area contributed by atoms with E-state index in [9.17, 15) is 29.2 Å². The zero-order valence-electron chi connectivity index (χ0n) is 91.6. The SMILES string of the molecule is CC(=O)/C=C/c1cc2c(o1)CCCC2c1cccc2c1C(C)(C)CCC2(C)C.CC(=O)c1ccc(/C(=N/O)c2cc3c(cc2C)C(C)(C)CCC3(C)C)cc1.CC(=O)c1ccc(C2(c3cc4c(cc3C)C(C)(C)CCC4(C)C)CC2)nc1.CC(=O)c1cccc(/C=C2\NCC3CC23c2cc3c(cc2C)C(C)(C)CCC3(C)C)c1.CCCOc1cc2c(cc1\C(C)=C/C=C/C(C)=C/C(=O)O)C(C)(C)CCC2(C)C. The van der Waals surface area contributed by atoms with E-state index in [1.165, 1.54) is 148 Å². The number of nitrogens with one attached hydrogen (secondary N) is 1. The summed E-state index contributed by atoms with van der Waals surface area (Å²) in [6.07, 6.45) is 34.2. The predicted octanol–water partition coefficient (Wildman–Crippen LogP) is 31.8. The van der Waals surface area contributed by atoms with Gasteiger partial charge in [0, 0.05) is 86.6 Å². The van der Waals surface area contributed by atoms with Gasteiger partial charge in [-0.15, -0.1) is 0 Å². The summed E-state index contributed by atoms with van der Waals surface area (Å²) in [6, 6.07) is 47.5. The summed E-state index contributed by atoms with van der Waals surface area (Å²) in [5.74, 6) is 3.24. The molecular formula is C130H163N3O9. The molecule has 0 amide bonds. The normalized spacial score (nSPS) is 22.0. The number of ether oxygens (including phenoxy) is 1. The topological polar surface area (TPSA) is 185 Å². The first kappa shape index (κ1) is 107. The third-order valence-electron chi connectivity index (χ3n) is 34.4. The van der Waals surface area contributed by atoms with Crippen molar-refractivity contribution in [2.45, 2.75) is 388 Å². The number of hydrogen-bond acceptors (Lipinski definition) is 11. The number of benzene rings is 7. The first-order valence-electron chi connectivity index (χ1n) is 52.7. The molecule has 1 aliphatic heterocycles. The first-order chi connectivity index (χ1) is 66.3. The van der Waals surface area contributed by atoms with Crippen LogP contribution < -0.4 is 10.1 Å². The lowest BCUT2D eigenvalue weighted by Crippen LogP contribution is -2.35. The Morgan fingerprint density at radius 1 is 0.486 bits per heavy atom. The van der Waals surface area contributed by atoms with Gasteiger partial charge in [0.15, 0.2) is 23.1 Å². The summed E-state index contributed by atoms with van der Waals surface area (Å²) in [7, 11) is 0. The highest BCUT2D eigenvalue weighted by Crippen LogP contribution is 2.65. The van der Waals surface area contributed by atoms with Crippen LogP contribution in [-0.4, -0.2) is 63.3 Å². The molecule has 18 rings (SSSR count). The second-order valence-corrected chi connectivity index (χ2v) is 50.0. The fraction of sp³-hybridized carbons (Fsp3) is 0.485. The smallest absolute Gasteiger partial charge is 0.328 e. The van der Waals surface area contributed by atoms with Gasteiger partial charge in [0.1, 0.15) is 23.0 Å². The summed E-state index contributed by atoms with van der Waals surface area (Å²) >= 11 is 0. The molecule has 9 aromatic rings. The minimum absolute atomic E-state index is 0.0259. The van der Waals surface area contributed by atoms with E-state index in [0.29, 0.717) is 40.9 Å². The molecule has 3 fully saturated rings. The summed E-state index contributed by atoms with van der Waals surface area (Å²) in [6.45, 7) is 68.0. The molecule has 12 nitrogen and oxygen atoms in total. The van der Waals surface area contributed by atoms with E-state index in [4.69, 9.17) is 19.2 Å². The zero-order chi connectivity index (χ0) is 104.